The van der Waals surface area contributed by atoms with Gasteiger partial charge in [-0.05, 0) is 53.6 Å². The van der Waals surface area contributed by atoms with Gasteiger partial charge in [-0.2, -0.15) is 0 Å². The molecule has 0 unspecified atom stereocenters. The SMILES string of the molecule is COc1ccc(C=CN(C(=O)O)c2ccc(OCc3ccccc3)cc2)cc1. The Morgan fingerprint density at radius 2 is 1.57 bits per heavy atom. The molecule has 0 radical (unpaired) electrons. The summed E-state index contributed by atoms with van der Waals surface area (Å²) in [7, 11) is 1.60. The number of methoxy groups -OCH3 is 1. The van der Waals surface area contributed by atoms with Crippen LogP contribution in [0.3, 0.4) is 0 Å². The van der Waals surface area contributed by atoms with E-state index < -0.39 is 6.09 Å². The van der Waals surface area contributed by atoms with Gasteiger partial charge in [-0.1, -0.05) is 42.5 Å². The second kappa shape index (κ2) is 9.28. The number of rotatable bonds is 7. The van der Waals surface area contributed by atoms with Crippen LogP contribution in [0.4, 0.5) is 10.5 Å². The van der Waals surface area contributed by atoms with Crippen LogP contribution in [-0.4, -0.2) is 18.3 Å². The lowest BCUT2D eigenvalue weighted by molar-refractivity contribution is 0.204. The molecule has 0 atom stereocenters. The highest BCUT2D eigenvalue weighted by Gasteiger charge is 2.11. The summed E-state index contributed by atoms with van der Waals surface area (Å²) in [4.78, 5) is 12.8. The number of hydrogen-bond acceptors (Lipinski definition) is 3. The van der Waals surface area contributed by atoms with Crippen LogP contribution in [0.2, 0.25) is 0 Å². The third kappa shape index (κ3) is 5.14. The average molecular weight is 375 g/mol. The topological polar surface area (TPSA) is 59.0 Å². The molecule has 5 nitrogen and oxygen atoms in total. The second-order valence-corrected chi connectivity index (χ2v) is 6.01. The maximum absolute atomic E-state index is 11.6. The van der Waals surface area contributed by atoms with Crippen LogP contribution in [0.5, 0.6) is 11.5 Å². The van der Waals surface area contributed by atoms with Crippen molar-refractivity contribution >= 4 is 17.9 Å². The molecule has 3 aromatic rings. The first kappa shape index (κ1) is 19.0. The van der Waals surface area contributed by atoms with Crippen molar-refractivity contribution in [1.82, 2.24) is 0 Å². The molecule has 0 aliphatic rings. The molecule has 0 spiro atoms. The van der Waals surface area contributed by atoms with Crippen molar-refractivity contribution < 1.29 is 19.4 Å². The van der Waals surface area contributed by atoms with Crippen LogP contribution in [-0.2, 0) is 6.61 Å². The molecule has 1 N–H and O–H groups in total. The van der Waals surface area contributed by atoms with Gasteiger partial charge in [0.1, 0.15) is 18.1 Å². The first-order valence-electron chi connectivity index (χ1n) is 8.77. The molecule has 0 heterocycles. The van der Waals surface area contributed by atoms with Gasteiger partial charge in [-0.25, -0.2) is 4.79 Å². The Labute approximate surface area is 164 Å². The average Bonchev–Trinajstić information content (AvgIpc) is 2.74. The van der Waals surface area contributed by atoms with Gasteiger partial charge in [0.05, 0.1) is 12.8 Å². The third-order valence-electron chi connectivity index (χ3n) is 4.10. The largest absolute Gasteiger partial charge is 0.497 e. The fraction of sp³-hybridized carbons (Fsp3) is 0.0870. The van der Waals surface area contributed by atoms with Crippen LogP contribution in [0, 0.1) is 0 Å². The van der Waals surface area contributed by atoms with E-state index in [-0.39, 0.29) is 0 Å². The van der Waals surface area contributed by atoms with Crippen molar-refractivity contribution in [3.63, 3.8) is 0 Å². The Kier molecular flexibility index (Phi) is 6.31. The lowest BCUT2D eigenvalue weighted by Crippen LogP contribution is -2.22. The predicted molar refractivity (Wildman–Crippen MR) is 110 cm³/mol. The Hall–Kier alpha value is -3.73. The summed E-state index contributed by atoms with van der Waals surface area (Å²) in [5.41, 5.74) is 2.47. The van der Waals surface area contributed by atoms with E-state index in [2.05, 4.69) is 0 Å². The van der Waals surface area contributed by atoms with Gasteiger partial charge in [0.15, 0.2) is 0 Å². The first-order chi connectivity index (χ1) is 13.7. The van der Waals surface area contributed by atoms with Crippen LogP contribution < -0.4 is 14.4 Å². The molecule has 0 aromatic heterocycles. The molecular weight excluding hydrogens is 354 g/mol. The van der Waals surface area contributed by atoms with E-state index in [9.17, 15) is 9.90 Å². The Morgan fingerprint density at radius 3 is 2.18 bits per heavy atom. The Balaban J connectivity index is 1.67. The summed E-state index contributed by atoms with van der Waals surface area (Å²) in [6.07, 6.45) is 2.18. The highest BCUT2D eigenvalue weighted by molar-refractivity contribution is 5.89. The maximum Gasteiger partial charge on any atom is 0.415 e. The van der Waals surface area contributed by atoms with E-state index in [1.807, 2.05) is 54.6 Å². The Morgan fingerprint density at radius 1 is 0.929 bits per heavy atom. The number of anilines is 1. The minimum atomic E-state index is -1.07. The van der Waals surface area contributed by atoms with Gasteiger partial charge in [-0.15, -0.1) is 0 Å². The molecule has 0 aliphatic carbocycles. The third-order valence-corrected chi connectivity index (χ3v) is 4.10. The molecule has 0 saturated heterocycles. The monoisotopic (exact) mass is 375 g/mol. The van der Waals surface area contributed by atoms with Gasteiger partial charge in [-0.3, -0.25) is 4.90 Å². The molecule has 5 heteroatoms. The van der Waals surface area contributed by atoms with Crippen molar-refractivity contribution in [3.05, 3.63) is 96.2 Å². The van der Waals surface area contributed by atoms with Gasteiger partial charge in [0, 0.05) is 6.20 Å². The molecule has 0 aliphatic heterocycles. The second-order valence-electron chi connectivity index (χ2n) is 6.01. The van der Waals surface area contributed by atoms with E-state index in [1.54, 1.807) is 37.5 Å². The summed E-state index contributed by atoms with van der Waals surface area (Å²) >= 11 is 0. The first-order valence-corrected chi connectivity index (χ1v) is 8.77. The van der Waals surface area contributed by atoms with E-state index in [0.29, 0.717) is 18.0 Å². The summed E-state index contributed by atoms with van der Waals surface area (Å²) in [6, 6.07) is 24.2. The van der Waals surface area contributed by atoms with Crippen molar-refractivity contribution in [2.24, 2.45) is 0 Å². The molecule has 0 bridgehead atoms. The van der Waals surface area contributed by atoms with Crippen LogP contribution >= 0.6 is 0 Å². The standard InChI is InChI=1S/C23H21NO4/c1-27-21-11-7-18(8-12-21)15-16-24(23(25)26)20-9-13-22(14-10-20)28-17-19-5-3-2-4-6-19/h2-16H,17H2,1H3,(H,25,26). The van der Waals surface area contributed by atoms with Crippen molar-refractivity contribution in [2.75, 3.05) is 12.0 Å². The van der Waals surface area contributed by atoms with Crippen molar-refractivity contribution in [3.8, 4) is 11.5 Å². The lowest BCUT2D eigenvalue weighted by atomic mass is 10.2. The summed E-state index contributed by atoms with van der Waals surface area (Å²) in [5.74, 6) is 1.43. The highest BCUT2D eigenvalue weighted by atomic mass is 16.5. The zero-order valence-electron chi connectivity index (χ0n) is 15.5. The normalized spacial score (nSPS) is 10.6. The minimum absolute atomic E-state index is 0.459. The summed E-state index contributed by atoms with van der Waals surface area (Å²) < 4.78 is 10.9. The van der Waals surface area contributed by atoms with Crippen molar-refractivity contribution in [1.29, 1.82) is 0 Å². The number of benzene rings is 3. The van der Waals surface area contributed by atoms with E-state index in [0.717, 1.165) is 21.8 Å². The molecule has 28 heavy (non-hydrogen) atoms. The van der Waals surface area contributed by atoms with Crippen LogP contribution in [0.1, 0.15) is 11.1 Å². The quantitative estimate of drug-likeness (QED) is 0.598. The maximum atomic E-state index is 11.6. The summed E-state index contributed by atoms with van der Waals surface area (Å²) in [5, 5.41) is 9.53. The van der Waals surface area contributed by atoms with E-state index in [4.69, 9.17) is 9.47 Å². The molecule has 0 saturated carbocycles. The van der Waals surface area contributed by atoms with Crippen LogP contribution in [0.15, 0.2) is 85.1 Å². The fourth-order valence-electron chi connectivity index (χ4n) is 2.58. The van der Waals surface area contributed by atoms with E-state index >= 15 is 0 Å². The zero-order valence-corrected chi connectivity index (χ0v) is 15.5. The summed E-state index contributed by atoms with van der Waals surface area (Å²) in [6.45, 7) is 0.459. The molecular formula is C23H21NO4. The zero-order chi connectivity index (χ0) is 19.8. The predicted octanol–water partition coefficient (Wildman–Crippen LogP) is 5.43. The lowest BCUT2D eigenvalue weighted by Gasteiger charge is -2.15. The number of ether oxygens (including phenoxy) is 2. The minimum Gasteiger partial charge on any atom is -0.497 e. The number of amides is 1. The molecule has 0 fully saturated rings. The Bertz CT molecular complexity index is 919. The molecule has 1 amide bonds. The van der Waals surface area contributed by atoms with Crippen LogP contribution in [0.25, 0.3) is 6.08 Å². The fourth-order valence-corrected chi connectivity index (χ4v) is 2.58. The molecule has 3 aromatic carbocycles. The smallest absolute Gasteiger partial charge is 0.415 e. The van der Waals surface area contributed by atoms with Gasteiger partial charge in [0.2, 0.25) is 0 Å². The van der Waals surface area contributed by atoms with Gasteiger partial charge in [0.25, 0.3) is 0 Å². The van der Waals surface area contributed by atoms with Gasteiger partial charge >= 0.3 is 6.09 Å². The number of carboxylic acid groups (broad SMARTS) is 1. The number of nitrogens with zero attached hydrogens (tertiary/aromatic N) is 1. The molecule has 142 valence electrons. The van der Waals surface area contributed by atoms with Crippen molar-refractivity contribution in [2.45, 2.75) is 6.61 Å². The highest BCUT2D eigenvalue weighted by Crippen LogP contribution is 2.22. The van der Waals surface area contributed by atoms with Gasteiger partial charge < -0.3 is 14.6 Å². The number of carbonyl (C=O) groups is 1. The van der Waals surface area contributed by atoms with E-state index in [1.165, 1.54) is 6.20 Å². The molecule has 3 rings (SSSR count). The number of hydrogen-bond donors (Lipinski definition) is 1.